The van der Waals surface area contributed by atoms with E-state index in [-0.39, 0.29) is 24.1 Å². The minimum atomic E-state index is -0.228. The van der Waals surface area contributed by atoms with Gasteiger partial charge in [0.1, 0.15) is 5.82 Å². The highest BCUT2D eigenvalue weighted by molar-refractivity contribution is 7.99. The average molecular weight is 468 g/mol. The van der Waals surface area contributed by atoms with E-state index < -0.39 is 0 Å². The molecule has 0 saturated carbocycles. The van der Waals surface area contributed by atoms with Crippen LogP contribution in [0.2, 0.25) is 0 Å². The Hall–Kier alpha value is -1.67. The van der Waals surface area contributed by atoms with Gasteiger partial charge in [-0.05, 0) is 75.6 Å². The second kappa shape index (κ2) is 12.2. The van der Waals surface area contributed by atoms with Gasteiger partial charge in [-0.1, -0.05) is 23.5 Å². The van der Waals surface area contributed by atoms with Gasteiger partial charge in [-0.25, -0.2) is 9.37 Å². The fraction of sp³-hybridized carbons (Fsp3) is 0.364. The van der Waals surface area contributed by atoms with Gasteiger partial charge >= 0.3 is 0 Å². The number of hydrogen-bond donors (Lipinski definition) is 0. The number of benzene rings is 2. The molecule has 0 atom stereocenters. The monoisotopic (exact) mass is 467 g/mol. The Bertz CT molecular complexity index is 901. The van der Waals surface area contributed by atoms with Crippen molar-refractivity contribution in [3.63, 3.8) is 0 Å². The number of amides is 1. The standard InChI is InChI=1S/C22H26FN3OS2.ClH/c1-25(2)14-6-15-26(22-24-19-7-3-4-8-20(19)29-22)21(27)9-5-16-28-18-12-10-17(23)11-13-18;/h3-4,7-8,10-13H,5-6,9,14-16H2,1-2H3;1H. The van der Waals surface area contributed by atoms with E-state index in [1.165, 1.54) is 12.1 Å². The zero-order valence-corrected chi connectivity index (χ0v) is 19.7. The molecule has 1 heterocycles. The van der Waals surface area contributed by atoms with Crippen LogP contribution in [0.25, 0.3) is 10.2 Å². The number of carbonyl (C=O) groups is 1. The minimum absolute atomic E-state index is 0. The van der Waals surface area contributed by atoms with Gasteiger partial charge < -0.3 is 4.90 Å². The van der Waals surface area contributed by atoms with E-state index in [4.69, 9.17) is 0 Å². The third-order valence-electron chi connectivity index (χ3n) is 4.42. The number of rotatable bonds is 10. The molecule has 0 N–H and O–H groups in total. The summed E-state index contributed by atoms with van der Waals surface area (Å²) in [7, 11) is 4.08. The van der Waals surface area contributed by atoms with E-state index in [0.29, 0.717) is 13.0 Å². The molecule has 0 aliphatic heterocycles. The molecule has 0 saturated heterocycles. The summed E-state index contributed by atoms with van der Waals surface area (Å²) < 4.78 is 14.1. The summed E-state index contributed by atoms with van der Waals surface area (Å²) in [6.07, 6.45) is 2.15. The Kier molecular flexibility index (Phi) is 10.0. The maximum Gasteiger partial charge on any atom is 0.228 e. The molecule has 0 aliphatic carbocycles. The molecule has 3 aromatic rings. The Morgan fingerprint density at radius 3 is 2.50 bits per heavy atom. The normalized spacial score (nSPS) is 10.9. The van der Waals surface area contributed by atoms with Crippen LogP contribution in [-0.4, -0.2) is 48.7 Å². The molecule has 4 nitrogen and oxygen atoms in total. The first-order chi connectivity index (χ1) is 14.0. The summed E-state index contributed by atoms with van der Waals surface area (Å²) in [6, 6.07) is 14.5. The maximum atomic E-state index is 13.0. The Morgan fingerprint density at radius 2 is 1.80 bits per heavy atom. The van der Waals surface area contributed by atoms with Crippen molar-refractivity contribution in [3.8, 4) is 0 Å². The summed E-state index contributed by atoms with van der Waals surface area (Å²) in [5.74, 6) is 0.708. The van der Waals surface area contributed by atoms with Gasteiger partial charge in [0.05, 0.1) is 10.2 Å². The van der Waals surface area contributed by atoms with E-state index in [1.54, 1.807) is 35.2 Å². The first kappa shape index (κ1) is 24.6. The second-order valence-corrected chi connectivity index (χ2v) is 9.25. The van der Waals surface area contributed by atoms with Crippen molar-refractivity contribution in [1.82, 2.24) is 9.88 Å². The fourth-order valence-corrected chi connectivity index (χ4v) is 4.79. The SMILES string of the molecule is CN(C)CCCN(C(=O)CCCSc1ccc(F)cc1)c1nc2ccccc2s1.Cl. The largest absolute Gasteiger partial charge is 0.309 e. The van der Waals surface area contributed by atoms with Gasteiger partial charge in [0.25, 0.3) is 0 Å². The molecule has 1 aromatic heterocycles. The molecule has 1 amide bonds. The lowest BCUT2D eigenvalue weighted by Gasteiger charge is -2.21. The van der Waals surface area contributed by atoms with Crippen LogP contribution in [-0.2, 0) is 4.79 Å². The van der Waals surface area contributed by atoms with Crippen molar-refractivity contribution in [2.75, 3.05) is 37.8 Å². The lowest BCUT2D eigenvalue weighted by molar-refractivity contribution is -0.118. The summed E-state index contributed by atoms with van der Waals surface area (Å²) in [4.78, 5) is 22.6. The molecular weight excluding hydrogens is 441 g/mol. The fourth-order valence-electron chi connectivity index (χ4n) is 2.93. The van der Waals surface area contributed by atoms with Crippen LogP contribution in [0.15, 0.2) is 53.4 Å². The van der Waals surface area contributed by atoms with Gasteiger partial charge in [-0.3, -0.25) is 9.69 Å². The summed E-state index contributed by atoms with van der Waals surface area (Å²) in [5.41, 5.74) is 0.935. The average Bonchev–Trinajstić information content (AvgIpc) is 3.13. The molecular formula is C22H27ClFN3OS2. The second-order valence-electron chi connectivity index (χ2n) is 7.07. The first-order valence-electron chi connectivity index (χ1n) is 9.72. The van der Waals surface area contributed by atoms with E-state index in [1.807, 2.05) is 43.3 Å². The van der Waals surface area contributed by atoms with Crippen LogP contribution >= 0.6 is 35.5 Å². The Labute approximate surface area is 191 Å². The molecule has 0 spiro atoms. The van der Waals surface area contributed by atoms with Crippen molar-refractivity contribution in [3.05, 3.63) is 54.3 Å². The highest BCUT2D eigenvalue weighted by Crippen LogP contribution is 2.29. The molecule has 0 unspecified atom stereocenters. The van der Waals surface area contributed by atoms with Crippen molar-refractivity contribution < 1.29 is 9.18 Å². The van der Waals surface area contributed by atoms with E-state index in [0.717, 1.165) is 45.4 Å². The van der Waals surface area contributed by atoms with E-state index >= 15 is 0 Å². The third kappa shape index (κ3) is 7.23. The van der Waals surface area contributed by atoms with Crippen LogP contribution in [0, 0.1) is 5.82 Å². The zero-order valence-electron chi connectivity index (χ0n) is 17.2. The predicted octanol–water partition coefficient (Wildman–Crippen LogP) is 5.71. The maximum absolute atomic E-state index is 13.0. The number of thiazole rings is 1. The number of anilines is 1. The molecule has 0 radical (unpaired) electrons. The molecule has 162 valence electrons. The number of hydrogen-bond acceptors (Lipinski definition) is 5. The third-order valence-corrected chi connectivity index (χ3v) is 6.58. The number of aromatic nitrogens is 1. The topological polar surface area (TPSA) is 36.4 Å². The summed E-state index contributed by atoms with van der Waals surface area (Å²) in [5, 5.41) is 0.779. The quantitative estimate of drug-likeness (QED) is 0.282. The van der Waals surface area contributed by atoms with Gasteiger partial charge in [-0.2, -0.15) is 0 Å². The number of halogens is 2. The lowest BCUT2D eigenvalue weighted by atomic mass is 10.3. The van der Waals surface area contributed by atoms with Crippen LogP contribution in [0.1, 0.15) is 19.3 Å². The summed E-state index contributed by atoms with van der Waals surface area (Å²) in [6.45, 7) is 1.59. The van der Waals surface area contributed by atoms with Crippen LogP contribution in [0.4, 0.5) is 9.52 Å². The van der Waals surface area contributed by atoms with Crippen LogP contribution < -0.4 is 4.90 Å². The Morgan fingerprint density at radius 1 is 1.07 bits per heavy atom. The van der Waals surface area contributed by atoms with E-state index in [9.17, 15) is 9.18 Å². The van der Waals surface area contributed by atoms with Crippen LogP contribution in [0.3, 0.4) is 0 Å². The van der Waals surface area contributed by atoms with Crippen molar-refractivity contribution in [2.24, 2.45) is 0 Å². The number of fused-ring (bicyclic) bond motifs is 1. The molecule has 8 heteroatoms. The van der Waals surface area contributed by atoms with Crippen molar-refractivity contribution in [2.45, 2.75) is 24.2 Å². The highest BCUT2D eigenvalue weighted by atomic mass is 35.5. The number of thioether (sulfide) groups is 1. The lowest BCUT2D eigenvalue weighted by Crippen LogP contribution is -2.33. The zero-order chi connectivity index (χ0) is 20.6. The molecule has 2 aromatic carbocycles. The molecule has 0 bridgehead atoms. The minimum Gasteiger partial charge on any atom is -0.309 e. The number of para-hydroxylation sites is 1. The first-order valence-corrected chi connectivity index (χ1v) is 11.5. The summed E-state index contributed by atoms with van der Waals surface area (Å²) >= 11 is 3.22. The molecule has 3 rings (SSSR count). The molecule has 0 fully saturated rings. The highest BCUT2D eigenvalue weighted by Gasteiger charge is 2.19. The Balaban J connectivity index is 0.00000320. The molecule has 30 heavy (non-hydrogen) atoms. The number of nitrogens with zero attached hydrogens (tertiary/aromatic N) is 3. The van der Waals surface area contributed by atoms with Crippen LogP contribution in [0.5, 0.6) is 0 Å². The van der Waals surface area contributed by atoms with Crippen molar-refractivity contribution >= 4 is 56.8 Å². The van der Waals surface area contributed by atoms with Crippen molar-refractivity contribution in [1.29, 1.82) is 0 Å². The molecule has 0 aliphatic rings. The van der Waals surface area contributed by atoms with Gasteiger partial charge in [0.15, 0.2) is 5.13 Å². The van der Waals surface area contributed by atoms with E-state index in [2.05, 4.69) is 9.88 Å². The van der Waals surface area contributed by atoms with Gasteiger partial charge in [0, 0.05) is 17.9 Å². The predicted molar refractivity (Wildman–Crippen MR) is 129 cm³/mol. The van der Waals surface area contributed by atoms with Gasteiger partial charge in [0.2, 0.25) is 5.91 Å². The number of carbonyl (C=O) groups excluding carboxylic acids is 1. The van der Waals surface area contributed by atoms with Gasteiger partial charge in [-0.15, -0.1) is 24.2 Å². The smallest absolute Gasteiger partial charge is 0.228 e.